The molecule has 0 heterocycles. The molecule has 0 rings (SSSR count). The van der Waals surface area contributed by atoms with Crippen LogP contribution in [0.1, 0.15) is 27.2 Å². The van der Waals surface area contributed by atoms with Crippen molar-refractivity contribution in [1.82, 2.24) is 0 Å². The second-order valence-electron chi connectivity index (χ2n) is 3.89. The van der Waals surface area contributed by atoms with Gasteiger partial charge in [0, 0.05) is 0 Å². The number of methoxy groups -OCH3 is 1. The molecule has 0 aromatic rings. The molecule has 0 bridgehead atoms. The van der Waals surface area contributed by atoms with Gasteiger partial charge in [-0.2, -0.15) is 0 Å². The molecule has 0 saturated carbocycles. The maximum absolute atomic E-state index is 11.1. The van der Waals surface area contributed by atoms with Gasteiger partial charge < -0.3 is 4.74 Å². The molecular weight excluding hydrogens is 176 g/mol. The highest BCUT2D eigenvalue weighted by Crippen LogP contribution is 2.18. The molecule has 2 nitrogen and oxygen atoms in total. The predicted octanol–water partition coefficient (Wildman–Crippen LogP) is 2.95. The van der Waals surface area contributed by atoms with E-state index in [1.807, 2.05) is 19.1 Å². The highest BCUT2D eigenvalue weighted by molar-refractivity contribution is 5.69. The summed E-state index contributed by atoms with van der Waals surface area (Å²) in [6, 6.07) is 0. The molecule has 1 atom stereocenters. The lowest BCUT2D eigenvalue weighted by Crippen LogP contribution is -2.13. The van der Waals surface area contributed by atoms with Crippen LogP contribution in [0.4, 0.5) is 0 Å². The molecule has 0 aromatic heterocycles. The minimum atomic E-state index is -0.157. The molecule has 80 valence electrons. The minimum absolute atomic E-state index is 0.157. The van der Waals surface area contributed by atoms with Crippen molar-refractivity contribution in [3.05, 3.63) is 24.3 Å². The number of hydrogen-bond donors (Lipinski definition) is 0. The van der Waals surface area contributed by atoms with Gasteiger partial charge in [-0.3, -0.25) is 4.79 Å². The second-order valence-corrected chi connectivity index (χ2v) is 3.89. The van der Waals surface area contributed by atoms with Crippen molar-refractivity contribution < 1.29 is 9.53 Å². The fraction of sp³-hybridized carbons (Fsp3) is 0.583. The van der Waals surface area contributed by atoms with Crippen LogP contribution in [0.2, 0.25) is 0 Å². The van der Waals surface area contributed by atoms with Crippen LogP contribution in [-0.2, 0) is 9.53 Å². The Balaban J connectivity index is 4.30. The fourth-order valence-electron chi connectivity index (χ4n) is 1.09. The number of carbonyl (C=O) groups excluding carboxylic acids is 1. The van der Waals surface area contributed by atoms with Gasteiger partial charge in [-0.15, -0.1) is 0 Å². The van der Waals surface area contributed by atoms with E-state index in [-0.39, 0.29) is 11.9 Å². The van der Waals surface area contributed by atoms with E-state index < -0.39 is 0 Å². The molecule has 0 fully saturated rings. The third kappa shape index (κ3) is 5.57. The molecule has 0 saturated heterocycles. The SMILES string of the molecule is C=C(C)C=CC(CC(=O)OC)C(C)C. The third-order valence-corrected chi connectivity index (χ3v) is 2.11. The molecule has 0 aliphatic heterocycles. The summed E-state index contributed by atoms with van der Waals surface area (Å²) in [5, 5.41) is 0. The zero-order chi connectivity index (χ0) is 11.1. The van der Waals surface area contributed by atoms with E-state index in [1.165, 1.54) is 7.11 Å². The Morgan fingerprint density at radius 1 is 1.50 bits per heavy atom. The first-order chi connectivity index (χ1) is 6.47. The number of hydrogen-bond acceptors (Lipinski definition) is 2. The van der Waals surface area contributed by atoms with Crippen LogP contribution in [0.5, 0.6) is 0 Å². The van der Waals surface area contributed by atoms with Gasteiger partial charge in [0.25, 0.3) is 0 Å². The average Bonchev–Trinajstić information content (AvgIpc) is 2.10. The van der Waals surface area contributed by atoms with E-state index in [0.717, 1.165) is 5.57 Å². The number of rotatable bonds is 5. The molecule has 0 radical (unpaired) electrons. The summed E-state index contributed by atoms with van der Waals surface area (Å²) in [7, 11) is 1.42. The fourth-order valence-corrected chi connectivity index (χ4v) is 1.09. The number of esters is 1. The van der Waals surface area contributed by atoms with E-state index >= 15 is 0 Å². The lowest BCUT2D eigenvalue weighted by Gasteiger charge is -2.15. The van der Waals surface area contributed by atoms with Crippen molar-refractivity contribution in [3.8, 4) is 0 Å². The summed E-state index contributed by atoms with van der Waals surface area (Å²) >= 11 is 0. The molecule has 0 aromatic carbocycles. The van der Waals surface area contributed by atoms with E-state index in [0.29, 0.717) is 12.3 Å². The lowest BCUT2D eigenvalue weighted by atomic mass is 9.92. The zero-order valence-corrected chi connectivity index (χ0v) is 9.54. The van der Waals surface area contributed by atoms with Crippen LogP contribution in [0, 0.1) is 11.8 Å². The van der Waals surface area contributed by atoms with Gasteiger partial charge in [0.1, 0.15) is 0 Å². The van der Waals surface area contributed by atoms with Crippen molar-refractivity contribution in [3.63, 3.8) is 0 Å². The Morgan fingerprint density at radius 3 is 2.43 bits per heavy atom. The normalized spacial score (nSPS) is 13.2. The summed E-state index contributed by atoms with van der Waals surface area (Å²) in [6.07, 6.45) is 4.43. The van der Waals surface area contributed by atoms with E-state index in [9.17, 15) is 4.79 Å². The number of ether oxygens (including phenoxy) is 1. The number of allylic oxidation sites excluding steroid dienone is 3. The van der Waals surface area contributed by atoms with Crippen molar-refractivity contribution in [2.75, 3.05) is 7.11 Å². The van der Waals surface area contributed by atoms with Crippen LogP contribution in [0.25, 0.3) is 0 Å². The predicted molar refractivity (Wildman–Crippen MR) is 58.9 cm³/mol. The smallest absolute Gasteiger partial charge is 0.306 e. The minimum Gasteiger partial charge on any atom is -0.469 e. The van der Waals surface area contributed by atoms with E-state index in [1.54, 1.807) is 0 Å². The summed E-state index contributed by atoms with van der Waals surface area (Å²) in [5.74, 6) is 0.513. The Hall–Kier alpha value is -1.05. The summed E-state index contributed by atoms with van der Waals surface area (Å²) < 4.78 is 4.64. The maximum Gasteiger partial charge on any atom is 0.306 e. The third-order valence-electron chi connectivity index (χ3n) is 2.11. The Morgan fingerprint density at radius 2 is 2.07 bits per heavy atom. The highest BCUT2D eigenvalue weighted by Gasteiger charge is 2.14. The molecule has 2 heteroatoms. The molecule has 0 spiro atoms. The first-order valence-corrected chi connectivity index (χ1v) is 4.88. The first kappa shape index (κ1) is 12.9. The van der Waals surface area contributed by atoms with Crippen molar-refractivity contribution >= 4 is 5.97 Å². The average molecular weight is 196 g/mol. The monoisotopic (exact) mass is 196 g/mol. The Kier molecular flexibility index (Phi) is 5.93. The van der Waals surface area contributed by atoms with Gasteiger partial charge in [-0.25, -0.2) is 0 Å². The molecular formula is C12H20O2. The van der Waals surface area contributed by atoms with E-state index in [4.69, 9.17) is 0 Å². The van der Waals surface area contributed by atoms with Crippen molar-refractivity contribution in [1.29, 1.82) is 0 Å². The van der Waals surface area contributed by atoms with Gasteiger partial charge in [0.15, 0.2) is 0 Å². The zero-order valence-electron chi connectivity index (χ0n) is 9.54. The summed E-state index contributed by atoms with van der Waals surface area (Å²) in [5.41, 5.74) is 1.00. The highest BCUT2D eigenvalue weighted by atomic mass is 16.5. The van der Waals surface area contributed by atoms with E-state index in [2.05, 4.69) is 25.2 Å². The standard InChI is InChI=1S/C12H20O2/c1-9(2)6-7-11(10(3)4)8-12(13)14-5/h6-7,10-11H,1,8H2,2-5H3. The van der Waals surface area contributed by atoms with Crippen LogP contribution in [-0.4, -0.2) is 13.1 Å². The van der Waals surface area contributed by atoms with Crippen LogP contribution in [0.15, 0.2) is 24.3 Å². The van der Waals surface area contributed by atoms with Crippen LogP contribution >= 0.6 is 0 Å². The molecule has 0 aliphatic rings. The second kappa shape index (κ2) is 6.41. The number of carbonyl (C=O) groups is 1. The largest absolute Gasteiger partial charge is 0.469 e. The molecule has 0 aliphatic carbocycles. The van der Waals surface area contributed by atoms with Crippen molar-refractivity contribution in [2.45, 2.75) is 27.2 Å². The summed E-state index contributed by atoms with van der Waals surface area (Å²) in [4.78, 5) is 11.1. The van der Waals surface area contributed by atoms with Crippen LogP contribution < -0.4 is 0 Å². The van der Waals surface area contributed by atoms with Gasteiger partial charge in [-0.05, 0) is 18.8 Å². The Labute approximate surface area is 86.6 Å². The Bertz CT molecular complexity index is 226. The first-order valence-electron chi connectivity index (χ1n) is 4.88. The van der Waals surface area contributed by atoms with Crippen molar-refractivity contribution in [2.24, 2.45) is 11.8 Å². The lowest BCUT2D eigenvalue weighted by molar-refractivity contribution is -0.141. The molecule has 0 amide bonds. The van der Waals surface area contributed by atoms with Gasteiger partial charge in [0.2, 0.25) is 0 Å². The molecule has 1 unspecified atom stereocenters. The molecule has 14 heavy (non-hydrogen) atoms. The van der Waals surface area contributed by atoms with Gasteiger partial charge in [0.05, 0.1) is 13.5 Å². The van der Waals surface area contributed by atoms with Gasteiger partial charge in [-0.1, -0.05) is 38.2 Å². The topological polar surface area (TPSA) is 26.3 Å². The molecule has 0 N–H and O–H groups in total. The van der Waals surface area contributed by atoms with Gasteiger partial charge >= 0.3 is 5.97 Å². The summed E-state index contributed by atoms with van der Waals surface area (Å²) in [6.45, 7) is 9.91. The maximum atomic E-state index is 11.1. The quantitative estimate of drug-likeness (QED) is 0.499. The van der Waals surface area contributed by atoms with Crippen LogP contribution in [0.3, 0.4) is 0 Å².